The van der Waals surface area contributed by atoms with Crippen molar-refractivity contribution in [2.24, 2.45) is 5.92 Å². The van der Waals surface area contributed by atoms with E-state index in [0.29, 0.717) is 6.04 Å². The lowest BCUT2D eigenvalue weighted by molar-refractivity contribution is 0.316. The van der Waals surface area contributed by atoms with Crippen LogP contribution in [-0.2, 0) is 6.54 Å². The van der Waals surface area contributed by atoms with Crippen LogP contribution < -0.4 is 25.0 Å². The smallest absolute Gasteiger partial charge is 0.225 e. The lowest BCUT2D eigenvalue weighted by atomic mass is 9.84. The largest absolute Gasteiger partial charge is 0.497 e. The Morgan fingerprint density at radius 1 is 0.971 bits per heavy atom. The van der Waals surface area contributed by atoms with E-state index in [2.05, 4.69) is 27.7 Å². The molecule has 3 aromatic rings. The van der Waals surface area contributed by atoms with Crippen LogP contribution in [0.4, 0.5) is 11.8 Å². The summed E-state index contributed by atoms with van der Waals surface area (Å²) in [6, 6.07) is 14.6. The number of hydrogen-bond donors (Lipinski definition) is 2. The van der Waals surface area contributed by atoms with E-state index in [1.807, 2.05) is 44.4 Å². The van der Waals surface area contributed by atoms with Gasteiger partial charge < -0.3 is 25.0 Å². The lowest BCUT2D eigenvalue weighted by Crippen LogP contribution is -2.28. The summed E-state index contributed by atoms with van der Waals surface area (Å²) in [5.74, 6) is 4.21. The lowest BCUT2D eigenvalue weighted by Gasteiger charge is -2.29. The first-order valence-electron chi connectivity index (χ1n) is 12.2. The summed E-state index contributed by atoms with van der Waals surface area (Å²) in [4.78, 5) is 11.6. The highest BCUT2D eigenvalue weighted by Gasteiger charge is 2.22. The topological polar surface area (TPSA) is 71.5 Å². The second kappa shape index (κ2) is 11.4. The second-order valence-electron chi connectivity index (χ2n) is 9.29. The number of anilines is 2. The van der Waals surface area contributed by atoms with Crippen LogP contribution in [0.25, 0.3) is 10.9 Å². The minimum atomic E-state index is 0.432. The highest BCUT2D eigenvalue weighted by atomic mass is 16.5. The predicted molar refractivity (Wildman–Crippen MR) is 139 cm³/mol. The van der Waals surface area contributed by atoms with E-state index >= 15 is 0 Å². The number of ether oxygens (including phenoxy) is 2. The first kappa shape index (κ1) is 24.1. The summed E-state index contributed by atoms with van der Waals surface area (Å²) in [5, 5.41) is 8.28. The maximum absolute atomic E-state index is 5.48. The first-order chi connectivity index (χ1) is 16.6. The number of nitrogens with one attached hydrogen (secondary N) is 2. The quantitative estimate of drug-likeness (QED) is 0.416. The molecule has 7 nitrogen and oxygen atoms in total. The van der Waals surface area contributed by atoms with E-state index in [0.717, 1.165) is 71.6 Å². The molecule has 34 heavy (non-hydrogen) atoms. The number of aromatic nitrogens is 2. The predicted octanol–water partition coefficient (Wildman–Crippen LogP) is 4.86. The molecule has 0 aliphatic heterocycles. The van der Waals surface area contributed by atoms with Gasteiger partial charge in [0, 0.05) is 37.6 Å². The summed E-state index contributed by atoms with van der Waals surface area (Å²) in [6.45, 7) is 1.79. The monoisotopic (exact) mass is 463 g/mol. The molecule has 0 amide bonds. The van der Waals surface area contributed by atoms with Crippen LogP contribution in [0.5, 0.6) is 11.5 Å². The van der Waals surface area contributed by atoms with E-state index in [9.17, 15) is 0 Å². The van der Waals surface area contributed by atoms with Crippen LogP contribution in [0.15, 0.2) is 42.5 Å². The van der Waals surface area contributed by atoms with Crippen molar-refractivity contribution in [3.63, 3.8) is 0 Å². The fraction of sp³-hybridized carbons (Fsp3) is 0.481. The first-order valence-corrected chi connectivity index (χ1v) is 12.2. The van der Waals surface area contributed by atoms with E-state index in [-0.39, 0.29) is 0 Å². The zero-order valence-corrected chi connectivity index (χ0v) is 20.8. The molecule has 0 spiro atoms. The van der Waals surface area contributed by atoms with Crippen LogP contribution in [0.3, 0.4) is 0 Å². The Morgan fingerprint density at radius 3 is 2.50 bits per heavy atom. The molecule has 182 valence electrons. The normalized spacial score (nSPS) is 18.0. The third-order valence-electron chi connectivity index (χ3n) is 6.72. The van der Waals surface area contributed by atoms with Gasteiger partial charge in [-0.05, 0) is 74.9 Å². The molecule has 1 fully saturated rings. The third kappa shape index (κ3) is 5.89. The second-order valence-corrected chi connectivity index (χ2v) is 9.29. The van der Waals surface area contributed by atoms with Gasteiger partial charge in [-0.3, -0.25) is 0 Å². The van der Waals surface area contributed by atoms with Gasteiger partial charge in [0.2, 0.25) is 5.95 Å². The summed E-state index contributed by atoms with van der Waals surface area (Å²) in [7, 11) is 7.46. The number of methoxy groups -OCH3 is 2. The average Bonchev–Trinajstić information content (AvgIpc) is 2.86. The van der Waals surface area contributed by atoms with Gasteiger partial charge in [0.05, 0.1) is 19.7 Å². The van der Waals surface area contributed by atoms with E-state index in [1.54, 1.807) is 14.2 Å². The molecule has 2 aromatic carbocycles. The molecular weight excluding hydrogens is 426 g/mol. The molecule has 0 saturated heterocycles. The Labute approximate surface area is 202 Å². The molecule has 1 aliphatic carbocycles. The zero-order valence-electron chi connectivity index (χ0n) is 20.8. The fourth-order valence-corrected chi connectivity index (χ4v) is 4.79. The van der Waals surface area contributed by atoms with Gasteiger partial charge in [-0.15, -0.1) is 0 Å². The van der Waals surface area contributed by atoms with Crippen LogP contribution in [0.2, 0.25) is 0 Å². The van der Waals surface area contributed by atoms with Gasteiger partial charge >= 0.3 is 0 Å². The molecule has 0 unspecified atom stereocenters. The van der Waals surface area contributed by atoms with E-state index in [1.165, 1.54) is 19.3 Å². The van der Waals surface area contributed by atoms with Crippen molar-refractivity contribution in [2.45, 2.75) is 44.7 Å². The van der Waals surface area contributed by atoms with Crippen molar-refractivity contribution in [3.8, 4) is 11.5 Å². The number of benzene rings is 2. The highest BCUT2D eigenvalue weighted by Crippen LogP contribution is 2.30. The molecule has 0 atom stereocenters. The molecular formula is C27H37N5O2. The molecule has 0 bridgehead atoms. The molecule has 4 rings (SSSR count). The SMILES string of the molecule is COc1ccc(OC)c(CNCCC2CCC(Nc3nc(N(C)C)c4ccccc4n3)CC2)c1. The zero-order chi connectivity index (χ0) is 23.9. The summed E-state index contributed by atoms with van der Waals surface area (Å²) in [5.41, 5.74) is 2.11. The minimum absolute atomic E-state index is 0.432. The van der Waals surface area contributed by atoms with Crippen molar-refractivity contribution >= 4 is 22.7 Å². The van der Waals surface area contributed by atoms with E-state index < -0.39 is 0 Å². The Bertz CT molecular complexity index is 1080. The minimum Gasteiger partial charge on any atom is -0.497 e. The van der Waals surface area contributed by atoms with Gasteiger partial charge in [-0.2, -0.15) is 4.98 Å². The summed E-state index contributed by atoms with van der Waals surface area (Å²) < 4.78 is 10.8. The Hall–Kier alpha value is -3.06. The number of nitrogens with zero attached hydrogens (tertiary/aromatic N) is 3. The summed E-state index contributed by atoms with van der Waals surface area (Å²) >= 11 is 0. The van der Waals surface area contributed by atoms with Crippen molar-refractivity contribution in [2.75, 3.05) is 45.1 Å². The van der Waals surface area contributed by atoms with Gasteiger partial charge in [0.25, 0.3) is 0 Å². The van der Waals surface area contributed by atoms with Crippen molar-refractivity contribution in [1.29, 1.82) is 0 Å². The number of rotatable bonds is 10. The van der Waals surface area contributed by atoms with Crippen molar-refractivity contribution in [1.82, 2.24) is 15.3 Å². The molecule has 0 radical (unpaired) electrons. The molecule has 1 saturated carbocycles. The molecule has 1 aromatic heterocycles. The van der Waals surface area contributed by atoms with Gasteiger partial charge in [-0.25, -0.2) is 4.98 Å². The number of hydrogen-bond acceptors (Lipinski definition) is 7. The highest BCUT2D eigenvalue weighted by molar-refractivity contribution is 5.90. The van der Waals surface area contributed by atoms with Crippen LogP contribution in [0, 0.1) is 5.92 Å². The van der Waals surface area contributed by atoms with Crippen molar-refractivity contribution in [3.05, 3.63) is 48.0 Å². The van der Waals surface area contributed by atoms with Gasteiger partial charge in [0.1, 0.15) is 17.3 Å². The number of para-hydroxylation sites is 1. The van der Waals surface area contributed by atoms with E-state index in [4.69, 9.17) is 19.4 Å². The molecule has 7 heteroatoms. The third-order valence-corrected chi connectivity index (χ3v) is 6.72. The van der Waals surface area contributed by atoms with Crippen LogP contribution in [-0.4, -0.2) is 50.9 Å². The van der Waals surface area contributed by atoms with Crippen LogP contribution >= 0.6 is 0 Å². The Balaban J connectivity index is 1.24. The maximum atomic E-state index is 5.48. The fourth-order valence-electron chi connectivity index (χ4n) is 4.79. The van der Waals surface area contributed by atoms with Gasteiger partial charge in [-0.1, -0.05) is 12.1 Å². The maximum Gasteiger partial charge on any atom is 0.225 e. The molecule has 2 N–H and O–H groups in total. The molecule has 1 heterocycles. The van der Waals surface area contributed by atoms with Gasteiger partial charge in [0.15, 0.2) is 0 Å². The Morgan fingerprint density at radius 2 is 1.76 bits per heavy atom. The van der Waals surface area contributed by atoms with Crippen LogP contribution in [0.1, 0.15) is 37.7 Å². The molecule has 1 aliphatic rings. The number of fused-ring (bicyclic) bond motifs is 1. The summed E-state index contributed by atoms with van der Waals surface area (Å²) in [6.07, 6.45) is 5.96. The van der Waals surface area contributed by atoms with Crippen molar-refractivity contribution < 1.29 is 9.47 Å². The average molecular weight is 464 g/mol. The standard InChI is InChI=1S/C27H37N5O2/c1-32(2)26-23-7-5-6-8-24(23)30-27(31-26)29-21-11-9-19(10-12-21)15-16-28-18-20-17-22(33-3)13-14-25(20)34-4/h5-8,13-14,17,19,21,28H,9-12,15-16,18H2,1-4H3,(H,29,30,31). The Kier molecular flexibility index (Phi) is 8.06.